The molecule has 0 radical (unpaired) electrons. The number of rotatable bonds is 6. The molecule has 0 saturated heterocycles. The molecule has 8 heteroatoms. The van der Waals surface area contributed by atoms with Gasteiger partial charge in [0.05, 0.1) is 18.9 Å². The number of carbonyl (C=O) groups is 2. The van der Waals surface area contributed by atoms with Gasteiger partial charge in [-0.15, -0.1) is 0 Å². The van der Waals surface area contributed by atoms with Crippen LogP contribution < -0.4 is 4.74 Å². The van der Waals surface area contributed by atoms with Crippen LogP contribution in [0.25, 0.3) is 0 Å². The fraction of sp³-hybridized carbons (Fsp3) is 0.200. The van der Waals surface area contributed by atoms with E-state index in [4.69, 9.17) is 21.4 Å². The lowest BCUT2D eigenvalue weighted by Gasteiger charge is -2.16. The lowest BCUT2D eigenvalue weighted by Crippen LogP contribution is -2.31. The molecule has 1 N–H and O–H groups in total. The third-order valence-corrected chi connectivity index (χ3v) is 3.20. The molecule has 1 aromatic heterocycles. The van der Waals surface area contributed by atoms with Gasteiger partial charge in [-0.05, 0) is 24.3 Å². The van der Waals surface area contributed by atoms with E-state index in [0.29, 0.717) is 23.9 Å². The molecule has 0 saturated carbocycles. The fourth-order valence-electron chi connectivity index (χ4n) is 1.68. The molecule has 0 bridgehead atoms. The van der Waals surface area contributed by atoms with E-state index < -0.39 is 5.97 Å². The molecule has 0 fully saturated rings. The summed E-state index contributed by atoms with van der Waals surface area (Å²) in [6.45, 7) is 0.633. The number of carbonyl (C=O) groups excluding carboxylic acids is 1. The zero-order chi connectivity index (χ0) is 16.8. The van der Waals surface area contributed by atoms with Gasteiger partial charge in [0.15, 0.2) is 5.69 Å². The fourth-order valence-corrected chi connectivity index (χ4v) is 1.80. The first-order valence-electron chi connectivity index (χ1n) is 6.66. The summed E-state index contributed by atoms with van der Waals surface area (Å²) in [7, 11) is 1.60. The SMILES string of the molecule is CN(CCOc1ccc(Cl)cc1)C(=O)c1cnc(C(=O)O)cn1. The number of benzene rings is 1. The van der Waals surface area contributed by atoms with Crippen LogP contribution >= 0.6 is 11.6 Å². The van der Waals surface area contributed by atoms with E-state index in [0.717, 1.165) is 12.4 Å². The smallest absolute Gasteiger partial charge is 0.356 e. The molecule has 7 nitrogen and oxygen atoms in total. The number of halogens is 1. The predicted octanol–water partition coefficient (Wildman–Crippen LogP) is 1.98. The summed E-state index contributed by atoms with van der Waals surface area (Å²) in [6.07, 6.45) is 2.19. The molecule has 0 aliphatic heterocycles. The summed E-state index contributed by atoms with van der Waals surface area (Å²) >= 11 is 5.78. The Morgan fingerprint density at radius 3 is 2.35 bits per heavy atom. The minimum Gasteiger partial charge on any atom is -0.492 e. The van der Waals surface area contributed by atoms with E-state index in [1.54, 1.807) is 31.3 Å². The van der Waals surface area contributed by atoms with Crippen LogP contribution in [0.4, 0.5) is 0 Å². The molecule has 0 aliphatic carbocycles. The first-order valence-corrected chi connectivity index (χ1v) is 7.04. The number of aromatic nitrogens is 2. The zero-order valence-corrected chi connectivity index (χ0v) is 13.0. The molecule has 0 atom stereocenters. The standard InChI is InChI=1S/C15H14ClN3O4/c1-19(6-7-23-11-4-2-10(16)3-5-11)14(20)12-8-18-13(9-17-12)15(21)22/h2-5,8-9H,6-7H2,1H3,(H,21,22). The first kappa shape index (κ1) is 16.7. The van der Waals surface area contributed by atoms with Crippen LogP contribution in [-0.4, -0.2) is 52.1 Å². The Morgan fingerprint density at radius 2 is 1.78 bits per heavy atom. The maximum Gasteiger partial charge on any atom is 0.356 e. The van der Waals surface area contributed by atoms with E-state index in [2.05, 4.69) is 9.97 Å². The van der Waals surface area contributed by atoms with Crippen molar-refractivity contribution < 1.29 is 19.4 Å². The molecule has 0 spiro atoms. The average Bonchev–Trinajstić information content (AvgIpc) is 2.56. The van der Waals surface area contributed by atoms with Gasteiger partial charge in [0.1, 0.15) is 18.1 Å². The minimum absolute atomic E-state index is 0.0731. The monoisotopic (exact) mass is 335 g/mol. The van der Waals surface area contributed by atoms with Crippen molar-refractivity contribution in [3.05, 3.63) is 53.1 Å². The molecule has 120 valence electrons. The Hall–Kier alpha value is -2.67. The third-order valence-electron chi connectivity index (χ3n) is 2.95. The lowest BCUT2D eigenvalue weighted by molar-refractivity contribution is 0.0686. The number of likely N-dealkylation sites (N-methyl/N-ethyl adjacent to an activating group) is 1. The number of hydrogen-bond acceptors (Lipinski definition) is 5. The van der Waals surface area contributed by atoms with E-state index in [-0.39, 0.29) is 17.3 Å². The summed E-state index contributed by atoms with van der Waals surface area (Å²) in [5, 5.41) is 9.36. The zero-order valence-electron chi connectivity index (χ0n) is 12.3. The van der Waals surface area contributed by atoms with Crippen molar-refractivity contribution in [2.24, 2.45) is 0 Å². The van der Waals surface area contributed by atoms with Crippen LogP contribution in [0.2, 0.25) is 5.02 Å². The van der Waals surface area contributed by atoms with Crippen molar-refractivity contribution in [1.82, 2.24) is 14.9 Å². The summed E-state index contributed by atoms with van der Waals surface area (Å²) in [4.78, 5) is 31.7. The molecular formula is C15H14ClN3O4. The van der Waals surface area contributed by atoms with E-state index in [1.165, 1.54) is 4.90 Å². The van der Waals surface area contributed by atoms with Gasteiger partial charge < -0.3 is 14.7 Å². The maximum absolute atomic E-state index is 12.1. The Kier molecular flexibility index (Phi) is 5.48. The molecule has 23 heavy (non-hydrogen) atoms. The van der Waals surface area contributed by atoms with Gasteiger partial charge in [0.2, 0.25) is 0 Å². The van der Waals surface area contributed by atoms with E-state index in [1.807, 2.05) is 0 Å². The second kappa shape index (κ2) is 7.55. The van der Waals surface area contributed by atoms with Crippen LogP contribution in [0.3, 0.4) is 0 Å². The number of carboxylic acid groups (broad SMARTS) is 1. The number of nitrogens with zero attached hydrogens (tertiary/aromatic N) is 3. The number of carboxylic acids is 1. The lowest BCUT2D eigenvalue weighted by atomic mass is 10.3. The quantitative estimate of drug-likeness (QED) is 0.867. The highest BCUT2D eigenvalue weighted by Crippen LogP contribution is 2.15. The van der Waals surface area contributed by atoms with Gasteiger partial charge in [-0.1, -0.05) is 11.6 Å². The van der Waals surface area contributed by atoms with Crippen LogP contribution in [0, 0.1) is 0 Å². The topological polar surface area (TPSA) is 92.6 Å². The van der Waals surface area contributed by atoms with Crippen LogP contribution in [-0.2, 0) is 0 Å². The van der Waals surface area contributed by atoms with E-state index in [9.17, 15) is 9.59 Å². The predicted molar refractivity (Wildman–Crippen MR) is 82.9 cm³/mol. The Labute approximate surface area is 137 Å². The van der Waals surface area contributed by atoms with Gasteiger partial charge in [-0.2, -0.15) is 0 Å². The van der Waals surface area contributed by atoms with Crippen molar-refractivity contribution in [2.75, 3.05) is 20.2 Å². The summed E-state index contributed by atoms with van der Waals surface area (Å²) in [5.41, 5.74) is -0.140. The van der Waals surface area contributed by atoms with Gasteiger partial charge in [0, 0.05) is 12.1 Å². The molecule has 0 unspecified atom stereocenters. The van der Waals surface area contributed by atoms with E-state index >= 15 is 0 Å². The van der Waals surface area contributed by atoms with Crippen molar-refractivity contribution in [3.63, 3.8) is 0 Å². The maximum atomic E-state index is 12.1. The molecule has 1 heterocycles. The molecule has 1 aromatic carbocycles. The van der Waals surface area contributed by atoms with Crippen LogP contribution in [0.15, 0.2) is 36.7 Å². The van der Waals surface area contributed by atoms with Crippen molar-refractivity contribution in [3.8, 4) is 5.75 Å². The number of hydrogen-bond donors (Lipinski definition) is 1. The Balaban J connectivity index is 1.87. The summed E-state index contributed by atoms with van der Waals surface area (Å²) in [5.74, 6) is -0.906. The van der Waals surface area contributed by atoms with Crippen LogP contribution in [0.5, 0.6) is 5.75 Å². The highest BCUT2D eigenvalue weighted by Gasteiger charge is 2.15. The first-order chi connectivity index (χ1) is 11.0. The molecule has 0 aliphatic rings. The van der Waals surface area contributed by atoms with Crippen molar-refractivity contribution >= 4 is 23.5 Å². The summed E-state index contributed by atoms with van der Waals surface area (Å²) < 4.78 is 5.50. The molecule has 2 aromatic rings. The van der Waals surface area contributed by atoms with Gasteiger partial charge in [-0.3, -0.25) is 4.79 Å². The second-order valence-corrected chi connectivity index (χ2v) is 5.06. The number of aromatic carboxylic acids is 1. The van der Waals surface area contributed by atoms with Crippen LogP contribution in [0.1, 0.15) is 21.0 Å². The molecule has 1 amide bonds. The van der Waals surface area contributed by atoms with Crippen molar-refractivity contribution in [1.29, 1.82) is 0 Å². The average molecular weight is 336 g/mol. The second-order valence-electron chi connectivity index (χ2n) is 4.62. The number of ether oxygens (including phenoxy) is 1. The molecule has 2 rings (SSSR count). The Morgan fingerprint density at radius 1 is 1.17 bits per heavy atom. The number of amides is 1. The summed E-state index contributed by atoms with van der Waals surface area (Å²) in [6, 6.07) is 6.90. The minimum atomic E-state index is -1.19. The van der Waals surface area contributed by atoms with Crippen molar-refractivity contribution in [2.45, 2.75) is 0 Å². The van der Waals surface area contributed by atoms with Gasteiger partial charge in [0.25, 0.3) is 5.91 Å². The highest BCUT2D eigenvalue weighted by molar-refractivity contribution is 6.30. The highest BCUT2D eigenvalue weighted by atomic mass is 35.5. The largest absolute Gasteiger partial charge is 0.492 e. The molecular weight excluding hydrogens is 322 g/mol. The van der Waals surface area contributed by atoms with Gasteiger partial charge in [-0.25, -0.2) is 14.8 Å². The Bertz CT molecular complexity index is 689. The third kappa shape index (κ3) is 4.65. The van der Waals surface area contributed by atoms with Gasteiger partial charge >= 0.3 is 5.97 Å². The normalized spacial score (nSPS) is 10.2.